The lowest BCUT2D eigenvalue weighted by molar-refractivity contribution is -0.140. The first kappa shape index (κ1) is 16.9. The molecule has 2 unspecified atom stereocenters. The summed E-state index contributed by atoms with van der Waals surface area (Å²) in [6.45, 7) is 5.68. The number of hydrogen-bond donors (Lipinski definition) is 2. The molecule has 6 nitrogen and oxygen atoms in total. The Kier molecular flexibility index (Phi) is 7.54. The zero-order valence-corrected chi connectivity index (χ0v) is 12.6. The molecule has 0 aromatic heterocycles. The summed E-state index contributed by atoms with van der Waals surface area (Å²) in [5.74, 6) is 0.894. The van der Waals surface area contributed by atoms with E-state index in [4.69, 9.17) is 5.73 Å². The van der Waals surface area contributed by atoms with Crippen LogP contribution in [0.25, 0.3) is 0 Å². The fraction of sp³-hybridized carbons (Fsp3) is 0.857. The summed E-state index contributed by atoms with van der Waals surface area (Å²) < 4.78 is 4.54. The van der Waals surface area contributed by atoms with Crippen LogP contribution in [0.15, 0.2) is 0 Å². The van der Waals surface area contributed by atoms with Gasteiger partial charge in [-0.25, -0.2) is 0 Å². The molecule has 1 aliphatic rings. The van der Waals surface area contributed by atoms with E-state index in [1.54, 1.807) is 0 Å². The second-order valence-electron chi connectivity index (χ2n) is 5.53. The maximum absolute atomic E-state index is 11.8. The van der Waals surface area contributed by atoms with Gasteiger partial charge in [0.1, 0.15) is 0 Å². The first-order valence-electron chi connectivity index (χ1n) is 7.32. The highest BCUT2D eigenvalue weighted by atomic mass is 16.5. The maximum atomic E-state index is 11.8. The molecule has 3 N–H and O–H groups in total. The molecule has 1 heterocycles. The van der Waals surface area contributed by atoms with E-state index in [0.717, 1.165) is 19.5 Å². The zero-order chi connectivity index (χ0) is 15.0. The fourth-order valence-electron chi connectivity index (χ4n) is 2.50. The number of carbonyl (C=O) groups is 2. The third-order valence-electron chi connectivity index (χ3n) is 3.98. The summed E-state index contributed by atoms with van der Waals surface area (Å²) >= 11 is 0. The molecular formula is C14H27N3O3. The minimum Gasteiger partial charge on any atom is -0.469 e. The topological polar surface area (TPSA) is 84.7 Å². The number of amides is 1. The van der Waals surface area contributed by atoms with Gasteiger partial charge >= 0.3 is 5.97 Å². The highest BCUT2D eigenvalue weighted by molar-refractivity contribution is 5.78. The highest BCUT2D eigenvalue weighted by Crippen LogP contribution is 2.21. The number of nitrogens with two attached hydrogens (primary N) is 1. The molecule has 116 valence electrons. The fourth-order valence-corrected chi connectivity index (χ4v) is 2.50. The smallest absolute Gasteiger partial charge is 0.305 e. The van der Waals surface area contributed by atoms with Crippen molar-refractivity contribution in [3.63, 3.8) is 0 Å². The average molecular weight is 285 g/mol. The van der Waals surface area contributed by atoms with Crippen molar-refractivity contribution < 1.29 is 14.3 Å². The number of methoxy groups -OCH3 is 1. The number of esters is 1. The van der Waals surface area contributed by atoms with E-state index in [1.807, 2.05) is 0 Å². The van der Waals surface area contributed by atoms with Crippen LogP contribution in [0.3, 0.4) is 0 Å². The monoisotopic (exact) mass is 285 g/mol. The summed E-state index contributed by atoms with van der Waals surface area (Å²) in [5.41, 5.74) is 5.76. The van der Waals surface area contributed by atoms with Crippen molar-refractivity contribution in [2.75, 3.05) is 39.8 Å². The lowest BCUT2D eigenvalue weighted by Gasteiger charge is -2.36. The number of likely N-dealkylation sites (tertiary alicyclic amines) is 1. The minimum absolute atomic E-state index is 0.0141. The van der Waals surface area contributed by atoms with E-state index >= 15 is 0 Å². The Morgan fingerprint density at radius 3 is 2.85 bits per heavy atom. The number of piperidine rings is 1. The van der Waals surface area contributed by atoms with Crippen molar-refractivity contribution in [3.05, 3.63) is 0 Å². The van der Waals surface area contributed by atoms with Crippen LogP contribution in [0.5, 0.6) is 0 Å². The summed E-state index contributed by atoms with van der Waals surface area (Å²) in [5, 5.41) is 2.83. The lowest BCUT2D eigenvalue weighted by atomic mass is 9.87. The molecule has 0 aromatic rings. The molecule has 0 aromatic carbocycles. The van der Waals surface area contributed by atoms with Crippen molar-refractivity contribution in [2.24, 2.45) is 17.6 Å². The van der Waals surface area contributed by atoms with Crippen LogP contribution in [0.1, 0.15) is 26.2 Å². The molecule has 0 aliphatic carbocycles. The molecule has 2 atom stereocenters. The third-order valence-corrected chi connectivity index (χ3v) is 3.98. The zero-order valence-electron chi connectivity index (χ0n) is 12.6. The molecule has 0 saturated carbocycles. The number of ether oxygens (including phenoxy) is 1. The van der Waals surface area contributed by atoms with Gasteiger partial charge in [-0.2, -0.15) is 0 Å². The van der Waals surface area contributed by atoms with Gasteiger partial charge in [-0.1, -0.05) is 6.92 Å². The molecule has 1 saturated heterocycles. The molecule has 1 aliphatic heterocycles. The van der Waals surface area contributed by atoms with Crippen LogP contribution in [-0.4, -0.2) is 56.6 Å². The quantitative estimate of drug-likeness (QED) is 0.507. The largest absolute Gasteiger partial charge is 0.469 e. The molecular weight excluding hydrogens is 258 g/mol. The van der Waals surface area contributed by atoms with E-state index < -0.39 is 0 Å². The number of nitrogens with one attached hydrogen (secondary N) is 1. The third kappa shape index (κ3) is 5.88. The predicted octanol–water partition coefficient (Wildman–Crippen LogP) is -0.0275. The molecule has 0 spiro atoms. The average Bonchev–Trinajstić information content (AvgIpc) is 2.45. The highest BCUT2D eigenvalue weighted by Gasteiger charge is 2.25. The van der Waals surface area contributed by atoms with Gasteiger partial charge in [-0.15, -0.1) is 0 Å². The molecule has 1 rings (SSSR count). The maximum Gasteiger partial charge on any atom is 0.305 e. The van der Waals surface area contributed by atoms with Crippen molar-refractivity contribution in [2.45, 2.75) is 26.2 Å². The van der Waals surface area contributed by atoms with Gasteiger partial charge in [-0.05, 0) is 37.8 Å². The minimum atomic E-state index is -0.241. The van der Waals surface area contributed by atoms with Crippen molar-refractivity contribution in [1.82, 2.24) is 10.2 Å². The lowest BCUT2D eigenvalue weighted by Crippen LogP contribution is -2.46. The first-order valence-corrected chi connectivity index (χ1v) is 7.32. The Morgan fingerprint density at radius 1 is 1.45 bits per heavy atom. The summed E-state index contributed by atoms with van der Waals surface area (Å²) in [6, 6.07) is 0. The summed E-state index contributed by atoms with van der Waals surface area (Å²) in [7, 11) is 1.37. The molecule has 20 heavy (non-hydrogen) atoms. The standard InChI is InChI=1S/C14H27N3O3/c1-11-5-7-17(9-12(11)8-15)10-13(18)16-6-3-4-14(19)20-2/h11-12H,3-10,15H2,1-2H3,(H,16,18). The Bertz CT molecular complexity index is 323. The van der Waals surface area contributed by atoms with E-state index in [1.165, 1.54) is 7.11 Å². The second-order valence-corrected chi connectivity index (χ2v) is 5.53. The number of nitrogens with zero attached hydrogens (tertiary/aromatic N) is 1. The van der Waals surface area contributed by atoms with Gasteiger partial charge < -0.3 is 15.8 Å². The van der Waals surface area contributed by atoms with Crippen molar-refractivity contribution in [3.8, 4) is 0 Å². The van der Waals surface area contributed by atoms with Crippen LogP contribution in [0.4, 0.5) is 0 Å². The van der Waals surface area contributed by atoms with Gasteiger partial charge in [0.25, 0.3) is 0 Å². The van der Waals surface area contributed by atoms with Gasteiger partial charge in [0.05, 0.1) is 13.7 Å². The van der Waals surface area contributed by atoms with Gasteiger partial charge in [-0.3, -0.25) is 14.5 Å². The van der Waals surface area contributed by atoms with Crippen LogP contribution >= 0.6 is 0 Å². The van der Waals surface area contributed by atoms with E-state index in [-0.39, 0.29) is 11.9 Å². The van der Waals surface area contributed by atoms with E-state index in [2.05, 4.69) is 21.9 Å². The molecule has 6 heteroatoms. The van der Waals surface area contributed by atoms with Crippen LogP contribution in [-0.2, 0) is 14.3 Å². The normalized spacial score (nSPS) is 23.4. The van der Waals surface area contributed by atoms with Crippen LogP contribution in [0.2, 0.25) is 0 Å². The molecule has 0 bridgehead atoms. The summed E-state index contributed by atoms with van der Waals surface area (Å²) in [6.07, 6.45) is 2.05. The molecule has 1 fully saturated rings. The molecule has 0 radical (unpaired) electrons. The van der Waals surface area contributed by atoms with Crippen LogP contribution < -0.4 is 11.1 Å². The molecule has 1 amide bonds. The van der Waals surface area contributed by atoms with Gasteiger partial charge in [0.2, 0.25) is 5.91 Å². The number of hydrogen-bond acceptors (Lipinski definition) is 5. The van der Waals surface area contributed by atoms with Crippen molar-refractivity contribution >= 4 is 11.9 Å². The number of carbonyl (C=O) groups excluding carboxylic acids is 2. The Morgan fingerprint density at radius 2 is 2.20 bits per heavy atom. The van der Waals surface area contributed by atoms with Crippen molar-refractivity contribution in [1.29, 1.82) is 0 Å². The van der Waals surface area contributed by atoms with Gasteiger partial charge in [0.15, 0.2) is 0 Å². The van der Waals surface area contributed by atoms with Crippen LogP contribution in [0, 0.1) is 11.8 Å². The Hall–Kier alpha value is -1.14. The SMILES string of the molecule is COC(=O)CCCNC(=O)CN1CCC(C)C(CN)C1. The van der Waals surface area contributed by atoms with Gasteiger partial charge in [0, 0.05) is 19.5 Å². The Balaban J connectivity index is 2.17. The van der Waals surface area contributed by atoms with E-state index in [9.17, 15) is 9.59 Å². The Labute approximate surface area is 121 Å². The van der Waals surface area contributed by atoms with E-state index in [0.29, 0.717) is 44.3 Å². The predicted molar refractivity (Wildman–Crippen MR) is 77.0 cm³/mol. The second kappa shape index (κ2) is 8.92. The summed E-state index contributed by atoms with van der Waals surface area (Å²) in [4.78, 5) is 24.9. The number of rotatable bonds is 7. The first-order chi connectivity index (χ1) is 9.56.